The maximum absolute atomic E-state index is 12.5. The molecule has 0 bridgehead atoms. The van der Waals surface area contributed by atoms with Gasteiger partial charge in [0.1, 0.15) is 0 Å². The van der Waals surface area contributed by atoms with Crippen LogP contribution in [-0.4, -0.2) is 60.9 Å². The predicted molar refractivity (Wildman–Crippen MR) is 103 cm³/mol. The van der Waals surface area contributed by atoms with E-state index in [-0.39, 0.29) is 23.8 Å². The second-order valence-electron chi connectivity index (χ2n) is 7.67. The molecule has 26 heavy (non-hydrogen) atoms. The molecular formula is C20H30N4O2. The molecule has 1 saturated carbocycles. The van der Waals surface area contributed by atoms with Crippen molar-refractivity contribution in [2.75, 3.05) is 38.5 Å². The topological polar surface area (TPSA) is 78.7 Å². The summed E-state index contributed by atoms with van der Waals surface area (Å²) in [6.07, 6.45) is 4.02. The van der Waals surface area contributed by atoms with Gasteiger partial charge in [-0.2, -0.15) is 0 Å². The van der Waals surface area contributed by atoms with Crippen molar-refractivity contribution in [3.63, 3.8) is 0 Å². The molecule has 1 aliphatic heterocycles. The number of benzene rings is 1. The average Bonchev–Trinajstić information content (AvgIpc) is 3.00. The fraction of sp³-hybridized carbons (Fsp3) is 0.600. The molecule has 2 aliphatic rings. The fourth-order valence-electron chi connectivity index (χ4n) is 3.87. The zero-order valence-electron chi connectivity index (χ0n) is 15.6. The highest BCUT2D eigenvalue weighted by molar-refractivity contribution is 5.91. The third kappa shape index (κ3) is 5.05. The maximum atomic E-state index is 12.5. The zero-order valence-corrected chi connectivity index (χ0v) is 15.6. The van der Waals surface area contributed by atoms with Crippen LogP contribution >= 0.6 is 0 Å². The number of carbonyl (C=O) groups is 2. The zero-order chi connectivity index (χ0) is 18.5. The molecule has 142 valence electrons. The van der Waals surface area contributed by atoms with Gasteiger partial charge in [0.2, 0.25) is 11.8 Å². The largest absolute Gasteiger partial charge is 0.340 e. The fourth-order valence-corrected chi connectivity index (χ4v) is 3.87. The lowest BCUT2D eigenvalue weighted by atomic mass is 10.00. The van der Waals surface area contributed by atoms with Crippen molar-refractivity contribution >= 4 is 17.5 Å². The predicted octanol–water partition coefficient (Wildman–Crippen LogP) is 1.46. The van der Waals surface area contributed by atoms with E-state index >= 15 is 0 Å². The number of piperazine rings is 1. The minimum Gasteiger partial charge on any atom is -0.340 e. The number of likely N-dealkylation sites (N-methyl/N-ethyl adjacent to an activating group) is 1. The van der Waals surface area contributed by atoms with Crippen LogP contribution in [0.4, 0.5) is 5.69 Å². The second-order valence-corrected chi connectivity index (χ2v) is 7.67. The highest BCUT2D eigenvalue weighted by atomic mass is 16.2. The van der Waals surface area contributed by atoms with E-state index in [0.29, 0.717) is 12.8 Å². The molecule has 6 heteroatoms. The Balaban J connectivity index is 1.52. The molecule has 3 N–H and O–H groups in total. The molecule has 2 fully saturated rings. The van der Waals surface area contributed by atoms with Gasteiger partial charge in [-0.3, -0.25) is 9.59 Å². The van der Waals surface area contributed by atoms with Crippen molar-refractivity contribution in [1.82, 2.24) is 9.80 Å². The molecular weight excluding hydrogens is 328 g/mol. The minimum absolute atomic E-state index is 0.00916. The normalized spacial score (nSPS) is 23.8. The van der Waals surface area contributed by atoms with Crippen molar-refractivity contribution in [1.29, 1.82) is 0 Å². The van der Waals surface area contributed by atoms with Crippen molar-refractivity contribution in [2.45, 2.75) is 38.1 Å². The molecule has 6 nitrogen and oxygen atoms in total. The molecule has 0 spiro atoms. The first kappa shape index (κ1) is 18.9. The Kier molecular flexibility index (Phi) is 6.27. The molecule has 1 aliphatic carbocycles. The maximum Gasteiger partial charge on any atom is 0.227 e. The van der Waals surface area contributed by atoms with Gasteiger partial charge in [0, 0.05) is 44.3 Å². The number of nitrogens with one attached hydrogen (secondary N) is 1. The summed E-state index contributed by atoms with van der Waals surface area (Å²) in [4.78, 5) is 28.9. The number of hydrogen-bond donors (Lipinski definition) is 2. The first-order chi connectivity index (χ1) is 12.5. The Bertz CT molecular complexity index is 640. The Labute approximate surface area is 155 Å². The van der Waals surface area contributed by atoms with E-state index in [2.05, 4.69) is 17.3 Å². The molecule has 3 rings (SSSR count). The average molecular weight is 358 g/mol. The van der Waals surface area contributed by atoms with Gasteiger partial charge < -0.3 is 20.9 Å². The molecule has 0 aromatic heterocycles. The molecule has 1 aromatic carbocycles. The minimum atomic E-state index is 0.00916. The van der Waals surface area contributed by atoms with Gasteiger partial charge in [-0.25, -0.2) is 0 Å². The van der Waals surface area contributed by atoms with E-state index in [0.717, 1.165) is 56.7 Å². The van der Waals surface area contributed by atoms with Crippen LogP contribution in [-0.2, 0) is 16.0 Å². The molecule has 1 aromatic rings. The number of hydrogen-bond acceptors (Lipinski definition) is 4. The van der Waals surface area contributed by atoms with E-state index < -0.39 is 0 Å². The van der Waals surface area contributed by atoms with Crippen LogP contribution in [0.15, 0.2) is 24.3 Å². The molecule has 1 heterocycles. The molecule has 0 unspecified atom stereocenters. The van der Waals surface area contributed by atoms with Crippen LogP contribution in [0.3, 0.4) is 0 Å². The summed E-state index contributed by atoms with van der Waals surface area (Å²) in [5, 5.41) is 2.96. The number of amides is 2. The highest BCUT2D eigenvalue weighted by Gasteiger charge is 2.26. The Morgan fingerprint density at radius 2 is 1.96 bits per heavy atom. The quantitative estimate of drug-likeness (QED) is 0.835. The lowest BCUT2D eigenvalue weighted by Gasteiger charge is -2.32. The number of nitrogens with two attached hydrogens (primary N) is 1. The summed E-state index contributed by atoms with van der Waals surface area (Å²) < 4.78 is 0. The first-order valence-electron chi connectivity index (χ1n) is 9.62. The van der Waals surface area contributed by atoms with Crippen molar-refractivity contribution in [3.8, 4) is 0 Å². The molecule has 1 saturated heterocycles. The summed E-state index contributed by atoms with van der Waals surface area (Å²) in [6, 6.07) is 7.75. The monoisotopic (exact) mass is 358 g/mol. The summed E-state index contributed by atoms with van der Waals surface area (Å²) in [6.45, 7) is 3.41. The van der Waals surface area contributed by atoms with Crippen molar-refractivity contribution in [3.05, 3.63) is 29.8 Å². The lowest BCUT2D eigenvalue weighted by Crippen LogP contribution is -2.47. The van der Waals surface area contributed by atoms with Gasteiger partial charge >= 0.3 is 0 Å². The third-order valence-corrected chi connectivity index (χ3v) is 5.59. The summed E-state index contributed by atoms with van der Waals surface area (Å²) in [5.74, 6) is 0.449. The summed E-state index contributed by atoms with van der Waals surface area (Å²) in [5.41, 5.74) is 7.74. The van der Waals surface area contributed by atoms with Gasteiger partial charge in [-0.1, -0.05) is 18.6 Å². The second kappa shape index (κ2) is 8.64. The van der Waals surface area contributed by atoms with Gasteiger partial charge in [0.05, 0.1) is 6.42 Å². The van der Waals surface area contributed by atoms with Crippen LogP contribution in [0.5, 0.6) is 0 Å². The van der Waals surface area contributed by atoms with Crippen LogP contribution in [0.25, 0.3) is 0 Å². The molecule has 0 radical (unpaired) electrons. The first-order valence-corrected chi connectivity index (χ1v) is 9.62. The van der Waals surface area contributed by atoms with E-state index in [4.69, 9.17) is 5.73 Å². The highest BCUT2D eigenvalue weighted by Crippen LogP contribution is 2.27. The summed E-state index contributed by atoms with van der Waals surface area (Å²) in [7, 11) is 2.08. The third-order valence-electron chi connectivity index (χ3n) is 5.59. The number of rotatable bonds is 5. The lowest BCUT2D eigenvalue weighted by molar-refractivity contribution is -0.132. The van der Waals surface area contributed by atoms with E-state index in [9.17, 15) is 9.59 Å². The van der Waals surface area contributed by atoms with Crippen LogP contribution < -0.4 is 11.1 Å². The van der Waals surface area contributed by atoms with Gasteiger partial charge in [-0.15, -0.1) is 0 Å². The number of nitrogens with zero attached hydrogens (tertiary/aromatic N) is 2. The van der Waals surface area contributed by atoms with E-state index in [1.807, 2.05) is 29.2 Å². The van der Waals surface area contributed by atoms with Gasteiger partial charge in [0.15, 0.2) is 0 Å². The number of anilines is 1. The Hall–Kier alpha value is -1.92. The van der Waals surface area contributed by atoms with Crippen LogP contribution in [0.2, 0.25) is 0 Å². The van der Waals surface area contributed by atoms with Crippen LogP contribution in [0, 0.1) is 5.92 Å². The molecule has 2 atom stereocenters. The van der Waals surface area contributed by atoms with Gasteiger partial charge in [-0.05, 0) is 43.5 Å². The van der Waals surface area contributed by atoms with Crippen molar-refractivity contribution < 1.29 is 9.59 Å². The van der Waals surface area contributed by atoms with E-state index in [1.165, 1.54) is 0 Å². The SMILES string of the molecule is CN1CCN(C(=O)Cc2cccc(NC(=O)C[C@@H]3CCC[C@H]3N)c2)CC1. The summed E-state index contributed by atoms with van der Waals surface area (Å²) >= 11 is 0. The Morgan fingerprint density at radius 3 is 2.65 bits per heavy atom. The number of carbonyl (C=O) groups excluding carboxylic acids is 2. The smallest absolute Gasteiger partial charge is 0.227 e. The van der Waals surface area contributed by atoms with Crippen LogP contribution in [0.1, 0.15) is 31.2 Å². The standard InChI is InChI=1S/C20H30N4O2/c1-23-8-10-24(11-9-23)20(26)13-15-4-2-6-17(12-15)22-19(25)14-16-5-3-7-18(16)21/h2,4,6,12,16,18H,3,5,7-11,13-14,21H2,1H3,(H,22,25)/t16-,18+/m0/s1. The van der Waals surface area contributed by atoms with Crippen molar-refractivity contribution in [2.24, 2.45) is 11.7 Å². The molecule has 2 amide bonds. The van der Waals surface area contributed by atoms with Gasteiger partial charge in [0.25, 0.3) is 0 Å². The Morgan fingerprint density at radius 1 is 1.19 bits per heavy atom. The van der Waals surface area contributed by atoms with E-state index in [1.54, 1.807) is 0 Å².